The van der Waals surface area contributed by atoms with Crippen molar-refractivity contribution in [3.8, 4) is 5.75 Å². The fourth-order valence-corrected chi connectivity index (χ4v) is 5.45. The van der Waals surface area contributed by atoms with E-state index in [-0.39, 0.29) is 17.9 Å². The van der Waals surface area contributed by atoms with Crippen LogP contribution in [-0.4, -0.2) is 62.1 Å². The van der Waals surface area contributed by atoms with Crippen LogP contribution < -0.4 is 4.74 Å². The minimum Gasteiger partial charge on any atom is -0.504 e. The molecule has 1 aromatic carbocycles. The third-order valence-electron chi connectivity index (χ3n) is 6.92. The van der Waals surface area contributed by atoms with Crippen LogP contribution in [0.2, 0.25) is 0 Å². The van der Waals surface area contributed by atoms with Crippen LogP contribution >= 0.6 is 0 Å². The zero-order valence-electron chi connectivity index (χ0n) is 18.1. The Hall–Kier alpha value is -2.38. The van der Waals surface area contributed by atoms with E-state index < -0.39 is 5.60 Å². The Labute approximate surface area is 177 Å². The fourth-order valence-electron chi connectivity index (χ4n) is 5.45. The summed E-state index contributed by atoms with van der Waals surface area (Å²) >= 11 is 0. The van der Waals surface area contributed by atoms with Gasteiger partial charge in [-0.25, -0.2) is 4.79 Å². The third-order valence-corrected chi connectivity index (χ3v) is 6.92. The molecule has 4 rings (SSSR count). The molecule has 3 aliphatic heterocycles. The second-order valence-electron chi connectivity index (χ2n) is 8.28. The van der Waals surface area contributed by atoms with Crippen LogP contribution in [0.3, 0.4) is 0 Å². The summed E-state index contributed by atoms with van der Waals surface area (Å²) in [7, 11) is 4.56. The van der Waals surface area contributed by atoms with Crippen molar-refractivity contribution >= 4 is 17.4 Å². The molecule has 1 N–H and O–H groups in total. The van der Waals surface area contributed by atoms with Gasteiger partial charge < -0.3 is 19.3 Å². The Bertz CT molecular complexity index is 896. The molecule has 3 aliphatic rings. The predicted octanol–water partition coefficient (Wildman–Crippen LogP) is 2.79. The summed E-state index contributed by atoms with van der Waals surface area (Å²) in [5, 5.41) is 11.8. The van der Waals surface area contributed by atoms with Gasteiger partial charge in [0.15, 0.2) is 0 Å². The molecule has 0 spiro atoms. The summed E-state index contributed by atoms with van der Waals surface area (Å²) in [5.74, 6) is 0.569. The molecule has 0 saturated carbocycles. The lowest BCUT2D eigenvalue weighted by Crippen LogP contribution is -2.60. The molecule has 1 unspecified atom stereocenters. The Kier molecular flexibility index (Phi) is 5.59. The number of piperidine rings is 2. The predicted molar refractivity (Wildman–Crippen MR) is 113 cm³/mol. The number of aliphatic imine (C=N–C) groups is 1. The molecule has 0 bridgehead atoms. The molecular formula is C23H30N2O5. The number of nitrogens with zero attached hydrogens (tertiary/aromatic N) is 2. The van der Waals surface area contributed by atoms with E-state index in [4.69, 9.17) is 19.2 Å². The normalized spacial score (nSPS) is 30.6. The summed E-state index contributed by atoms with van der Waals surface area (Å²) in [6.07, 6.45) is 3.71. The van der Waals surface area contributed by atoms with Crippen LogP contribution in [0, 0.1) is 11.8 Å². The van der Waals surface area contributed by atoms with E-state index >= 15 is 0 Å². The topological polar surface area (TPSA) is 80.6 Å². The quantitative estimate of drug-likeness (QED) is 0.453. The lowest BCUT2D eigenvalue weighted by Gasteiger charge is -2.50. The molecule has 30 heavy (non-hydrogen) atoms. The molecule has 0 aliphatic carbocycles. The van der Waals surface area contributed by atoms with Gasteiger partial charge in [0.25, 0.3) is 0 Å². The van der Waals surface area contributed by atoms with E-state index in [1.807, 2.05) is 18.2 Å². The molecule has 4 atom stereocenters. The Balaban J connectivity index is 1.72. The van der Waals surface area contributed by atoms with E-state index in [2.05, 4.69) is 11.8 Å². The van der Waals surface area contributed by atoms with Crippen molar-refractivity contribution in [2.75, 3.05) is 34.4 Å². The number of carbonyl (C=O) groups excluding carboxylic acids is 1. The maximum atomic E-state index is 12.5. The second-order valence-corrected chi connectivity index (χ2v) is 8.28. The molecule has 0 aromatic heterocycles. The van der Waals surface area contributed by atoms with Crippen LogP contribution in [0.5, 0.6) is 5.75 Å². The maximum Gasteiger partial charge on any atom is 0.337 e. The summed E-state index contributed by atoms with van der Waals surface area (Å²) in [4.78, 5) is 19.8. The number of aliphatic hydroxyl groups is 1. The van der Waals surface area contributed by atoms with Crippen LogP contribution in [0.15, 0.2) is 35.0 Å². The molecule has 1 aromatic rings. The molecule has 2 saturated heterocycles. The SMILES string of the molecule is CC[C@@H]1CN2CC[C@@]3(O)C(=Nc4cccc(OC)c43)[C@@H]2CC1/C(=C/OC)C(=O)OC. The van der Waals surface area contributed by atoms with E-state index in [9.17, 15) is 9.90 Å². The molecule has 0 amide bonds. The van der Waals surface area contributed by atoms with Crippen molar-refractivity contribution in [1.82, 2.24) is 4.90 Å². The molecule has 2 fully saturated rings. The minimum atomic E-state index is -1.14. The van der Waals surface area contributed by atoms with Gasteiger partial charge in [-0.3, -0.25) is 9.89 Å². The number of esters is 1. The van der Waals surface area contributed by atoms with Crippen molar-refractivity contribution in [2.24, 2.45) is 16.8 Å². The summed E-state index contributed by atoms with van der Waals surface area (Å²) < 4.78 is 15.8. The van der Waals surface area contributed by atoms with Gasteiger partial charge in [0.1, 0.15) is 11.4 Å². The first-order chi connectivity index (χ1) is 14.5. The van der Waals surface area contributed by atoms with Crippen LogP contribution in [0.4, 0.5) is 5.69 Å². The highest BCUT2D eigenvalue weighted by molar-refractivity contribution is 6.05. The van der Waals surface area contributed by atoms with Crippen molar-refractivity contribution in [1.29, 1.82) is 0 Å². The number of hydrogen-bond donors (Lipinski definition) is 1. The lowest BCUT2D eigenvalue weighted by molar-refractivity contribution is -0.137. The van der Waals surface area contributed by atoms with Gasteiger partial charge in [-0.2, -0.15) is 0 Å². The smallest absolute Gasteiger partial charge is 0.337 e. The number of ether oxygens (including phenoxy) is 3. The Morgan fingerprint density at radius 2 is 2.17 bits per heavy atom. The lowest BCUT2D eigenvalue weighted by atomic mass is 9.70. The molecular weight excluding hydrogens is 384 g/mol. The Morgan fingerprint density at radius 3 is 2.83 bits per heavy atom. The third kappa shape index (κ3) is 3.11. The zero-order valence-corrected chi connectivity index (χ0v) is 18.1. The molecule has 7 nitrogen and oxygen atoms in total. The summed E-state index contributed by atoms with van der Waals surface area (Å²) in [6.45, 7) is 3.75. The van der Waals surface area contributed by atoms with Crippen molar-refractivity contribution < 1.29 is 24.1 Å². The highest BCUT2D eigenvalue weighted by Crippen LogP contribution is 2.51. The van der Waals surface area contributed by atoms with Gasteiger partial charge in [0.2, 0.25) is 0 Å². The first-order valence-corrected chi connectivity index (χ1v) is 10.5. The van der Waals surface area contributed by atoms with E-state index in [0.29, 0.717) is 30.1 Å². The van der Waals surface area contributed by atoms with Gasteiger partial charge in [-0.1, -0.05) is 19.4 Å². The van der Waals surface area contributed by atoms with Gasteiger partial charge in [-0.05, 0) is 36.8 Å². The van der Waals surface area contributed by atoms with Gasteiger partial charge >= 0.3 is 5.97 Å². The standard InChI is InChI=1S/C23H30N2O5/c1-5-14-12-25-10-9-23(27)20-17(7-6-8-19(20)29-3)24-21(23)18(25)11-15(14)16(13-28-2)22(26)30-4/h6-8,13-15,18,27H,5,9-12H2,1-4H3/b16-13-/t14-,15?,18+,23+/m1/s1. The minimum absolute atomic E-state index is 0.0284. The van der Waals surface area contributed by atoms with Gasteiger partial charge in [0.05, 0.1) is 56.2 Å². The second kappa shape index (κ2) is 8.04. The molecule has 3 heterocycles. The summed E-state index contributed by atoms with van der Waals surface area (Å²) in [6, 6.07) is 5.63. The fraction of sp³-hybridized carbons (Fsp3) is 0.565. The molecule has 162 valence electrons. The zero-order chi connectivity index (χ0) is 21.5. The van der Waals surface area contributed by atoms with E-state index in [0.717, 1.165) is 36.5 Å². The number of carbonyl (C=O) groups is 1. The van der Waals surface area contributed by atoms with E-state index in [1.165, 1.54) is 13.4 Å². The highest BCUT2D eigenvalue weighted by atomic mass is 16.5. The monoisotopic (exact) mass is 414 g/mol. The number of benzene rings is 1. The van der Waals surface area contributed by atoms with Crippen molar-refractivity contribution in [2.45, 2.75) is 37.8 Å². The van der Waals surface area contributed by atoms with Crippen LogP contribution in [0.25, 0.3) is 0 Å². The average molecular weight is 415 g/mol. The maximum absolute atomic E-state index is 12.5. The van der Waals surface area contributed by atoms with Crippen LogP contribution in [0.1, 0.15) is 31.7 Å². The molecule has 0 radical (unpaired) electrons. The number of fused-ring (bicyclic) bond motifs is 5. The number of rotatable bonds is 5. The Morgan fingerprint density at radius 1 is 1.37 bits per heavy atom. The molecule has 7 heteroatoms. The number of hydrogen-bond acceptors (Lipinski definition) is 7. The average Bonchev–Trinajstić information content (AvgIpc) is 3.09. The summed E-state index contributed by atoms with van der Waals surface area (Å²) in [5.41, 5.74) is 1.70. The first kappa shape index (κ1) is 20.9. The number of methoxy groups -OCH3 is 3. The highest BCUT2D eigenvalue weighted by Gasteiger charge is 2.54. The van der Waals surface area contributed by atoms with Crippen molar-refractivity contribution in [3.05, 3.63) is 35.6 Å². The first-order valence-electron chi connectivity index (χ1n) is 10.5. The van der Waals surface area contributed by atoms with Crippen molar-refractivity contribution in [3.63, 3.8) is 0 Å². The van der Waals surface area contributed by atoms with Crippen LogP contribution in [-0.2, 0) is 19.9 Å². The largest absolute Gasteiger partial charge is 0.504 e. The van der Waals surface area contributed by atoms with Gasteiger partial charge in [-0.15, -0.1) is 0 Å². The van der Waals surface area contributed by atoms with Gasteiger partial charge in [0, 0.05) is 13.1 Å². The van der Waals surface area contributed by atoms with E-state index in [1.54, 1.807) is 14.2 Å².